The molecule has 0 saturated carbocycles. The van der Waals surface area contributed by atoms with Crippen LogP contribution < -0.4 is 10.4 Å². The van der Waals surface area contributed by atoms with E-state index in [9.17, 15) is 9.59 Å². The van der Waals surface area contributed by atoms with E-state index in [-0.39, 0.29) is 13.2 Å². The fourth-order valence-electron chi connectivity index (χ4n) is 2.64. The van der Waals surface area contributed by atoms with E-state index in [1.165, 1.54) is 12.3 Å². The Morgan fingerprint density at radius 1 is 1.20 bits per heavy atom. The number of fused-ring (bicyclic) bond motifs is 1. The molecule has 0 amide bonds. The fourth-order valence-corrected chi connectivity index (χ4v) is 2.64. The highest BCUT2D eigenvalue weighted by Crippen LogP contribution is 2.29. The Morgan fingerprint density at radius 2 is 2.00 bits per heavy atom. The van der Waals surface area contributed by atoms with Crippen LogP contribution in [0.25, 0.3) is 11.0 Å². The summed E-state index contributed by atoms with van der Waals surface area (Å²) in [5, 5.41) is 0.856. The van der Waals surface area contributed by atoms with Gasteiger partial charge < -0.3 is 18.3 Å². The van der Waals surface area contributed by atoms with E-state index in [4.69, 9.17) is 18.3 Å². The molecule has 0 unspecified atom stereocenters. The van der Waals surface area contributed by atoms with Crippen molar-refractivity contribution in [1.29, 1.82) is 0 Å². The van der Waals surface area contributed by atoms with Crippen molar-refractivity contribution >= 4 is 16.9 Å². The molecule has 3 rings (SSSR count). The van der Waals surface area contributed by atoms with Gasteiger partial charge in [-0.2, -0.15) is 0 Å². The molecule has 0 aliphatic carbocycles. The average Bonchev–Trinajstić information content (AvgIpc) is 3.03. The van der Waals surface area contributed by atoms with Crippen LogP contribution >= 0.6 is 0 Å². The number of hydrogen-bond acceptors (Lipinski definition) is 6. The topological polar surface area (TPSA) is 78.9 Å². The van der Waals surface area contributed by atoms with Crippen LogP contribution in [-0.2, 0) is 11.3 Å². The van der Waals surface area contributed by atoms with Crippen molar-refractivity contribution in [2.45, 2.75) is 27.4 Å². The smallest absolute Gasteiger partial charge is 0.341 e. The first-order valence-electron chi connectivity index (χ1n) is 7.91. The second-order valence-corrected chi connectivity index (χ2v) is 5.58. The van der Waals surface area contributed by atoms with Crippen LogP contribution in [0, 0.1) is 13.8 Å². The standard InChI is InChI=1S/C19H18O6/c1-4-22-19(21)14-7-8-23-16(14)10-24-15-6-5-13-11(2)9-17(20)25-18(13)12(15)3/h5-9H,4,10H2,1-3H3. The highest BCUT2D eigenvalue weighted by Gasteiger charge is 2.17. The van der Waals surface area contributed by atoms with Crippen molar-refractivity contribution in [2.24, 2.45) is 0 Å². The molecule has 0 fully saturated rings. The number of furan rings is 1. The Kier molecular flexibility index (Phi) is 4.61. The molecular formula is C19H18O6. The first-order chi connectivity index (χ1) is 12.0. The van der Waals surface area contributed by atoms with Crippen molar-refractivity contribution in [3.05, 3.63) is 63.4 Å². The number of benzene rings is 1. The first-order valence-corrected chi connectivity index (χ1v) is 7.91. The maximum Gasteiger partial charge on any atom is 0.341 e. The van der Waals surface area contributed by atoms with E-state index in [1.807, 2.05) is 19.9 Å². The van der Waals surface area contributed by atoms with E-state index in [2.05, 4.69) is 0 Å². The van der Waals surface area contributed by atoms with Gasteiger partial charge in [0.15, 0.2) is 5.76 Å². The van der Waals surface area contributed by atoms with Crippen molar-refractivity contribution in [3.63, 3.8) is 0 Å². The van der Waals surface area contributed by atoms with Gasteiger partial charge in [-0.3, -0.25) is 0 Å². The van der Waals surface area contributed by atoms with E-state index >= 15 is 0 Å². The van der Waals surface area contributed by atoms with E-state index in [1.54, 1.807) is 19.1 Å². The molecule has 130 valence electrons. The molecule has 0 aliphatic rings. The van der Waals surface area contributed by atoms with Crippen LogP contribution in [0.5, 0.6) is 5.75 Å². The molecular weight excluding hydrogens is 324 g/mol. The number of hydrogen-bond donors (Lipinski definition) is 0. The van der Waals surface area contributed by atoms with Gasteiger partial charge in [-0.1, -0.05) is 0 Å². The molecule has 2 aromatic heterocycles. The summed E-state index contributed by atoms with van der Waals surface area (Å²) in [6.07, 6.45) is 1.42. The SMILES string of the molecule is CCOC(=O)c1ccoc1COc1ccc2c(C)cc(=O)oc2c1C. The predicted molar refractivity (Wildman–Crippen MR) is 91.0 cm³/mol. The van der Waals surface area contributed by atoms with Crippen LogP contribution in [0.4, 0.5) is 0 Å². The van der Waals surface area contributed by atoms with Gasteiger partial charge in [0.05, 0.1) is 12.9 Å². The lowest BCUT2D eigenvalue weighted by Gasteiger charge is -2.11. The molecule has 0 atom stereocenters. The van der Waals surface area contributed by atoms with Crippen LogP contribution in [-0.4, -0.2) is 12.6 Å². The maximum atomic E-state index is 11.9. The van der Waals surface area contributed by atoms with Crippen molar-refractivity contribution in [3.8, 4) is 5.75 Å². The molecule has 3 aromatic rings. The number of carbonyl (C=O) groups is 1. The molecule has 0 N–H and O–H groups in total. The van der Waals surface area contributed by atoms with Gasteiger partial charge in [0.1, 0.15) is 23.5 Å². The van der Waals surface area contributed by atoms with Gasteiger partial charge in [0.25, 0.3) is 0 Å². The normalized spacial score (nSPS) is 10.8. The van der Waals surface area contributed by atoms with Gasteiger partial charge in [-0.15, -0.1) is 0 Å². The molecule has 0 saturated heterocycles. The van der Waals surface area contributed by atoms with Crippen LogP contribution in [0.3, 0.4) is 0 Å². The van der Waals surface area contributed by atoms with Gasteiger partial charge in [-0.25, -0.2) is 9.59 Å². The zero-order valence-corrected chi connectivity index (χ0v) is 14.3. The molecule has 1 aromatic carbocycles. The van der Waals surface area contributed by atoms with Crippen LogP contribution in [0.1, 0.15) is 34.2 Å². The largest absolute Gasteiger partial charge is 0.485 e. The lowest BCUT2D eigenvalue weighted by atomic mass is 10.1. The minimum atomic E-state index is -0.452. The summed E-state index contributed by atoms with van der Waals surface area (Å²) < 4.78 is 21.4. The van der Waals surface area contributed by atoms with E-state index in [0.29, 0.717) is 28.2 Å². The Hall–Kier alpha value is -3.02. The minimum Gasteiger partial charge on any atom is -0.485 e. The third kappa shape index (κ3) is 3.28. The zero-order chi connectivity index (χ0) is 18.0. The second kappa shape index (κ2) is 6.84. The molecule has 0 spiro atoms. The summed E-state index contributed by atoms with van der Waals surface area (Å²) >= 11 is 0. The summed E-state index contributed by atoms with van der Waals surface area (Å²) in [5.74, 6) is 0.475. The van der Waals surface area contributed by atoms with Crippen molar-refractivity contribution in [1.82, 2.24) is 0 Å². The number of aryl methyl sites for hydroxylation is 2. The molecule has 6 heteroatoms. The molecule has 0 aliphatic heterocycles. The third-order valence-electron chi connectivity index (χ3n) is 3.92. The van der Waals surface area contributed by atoms with Crippen LogP contribution in [0.15, 0.2) is 44.2 Å². The van der Waals surface area contributed by atoms with Gasteiger partial charge in [-0.05, 0) is 44.5 Å². The molecule has 2 heterocycles. The highest BCUT2D eigenvalue weighted by molar-refractivity contribution is 5.90. The number of rotatable bonds is 5. The summed E-state index contributed by atoms with van der Waals surface area (Å²) in [7, 11) is 0. The van der Waals surface area contributed by atoms with E-state index < -0.39 is 11.6 Å². The third-order valence-corrected chi connectivity index (χ3v) is 3.92. The Bertz CT molecular complexity index is 979. The van der Waals surface area contributed by atoms with Gasteiger partial charge >= 0.3 is 11.6 Å². The molecule has 25 heavy (non-hydrogen) atoms. The van der Waals surface area contributed by atoms with Crippen molar-refractivity contribution in [2.75, 3.05) is 6.61 Å². The Labute approximate surface area is 144 Å². The van der Waals surface area contributed by atoms with Gasteiger partial charge in [0, 0.05) is 17.0 Å². The maximum absolute atomic E-state index is 11.9. The highest BCUT2D eigenvalue weighted by atomic mass is 16.5. The quantitative estimate of drug-likeness (QED) is 0.519. The summed E-state index contributed by atoms with van der Waals surface area (Å²) in [4.78, 5) is 23.5. The zero-order valence-electron chi connectivity index (χ0n) is 14.3. The predicted octanol–water partition coefficient (Wildman–Crippen LogP) is 3.76. The first kappa shape index (κ1) is 16.8. The number of esters is 1. The summed E-state index contributed by atoms with van der Waals surface area (Å²) in [6, 6.07) is 6.64. The second-order valence-electron chi connectivity index (χ2n) is 5.58. The molecule has 0 bridgehead atoms. The minimum absolute atomic E-state index is 0.0591. The lowest BCUT2D eigenvalue weighted by molar-refractivity contribution is 0.0521. The molecule has 6 nitrogen and oxygen atoms in total. The monoisotopic (exact) mass is 342 g/mol. The van der Waals surface area contributed by atoms with Crippen LogP contribution in [0.2, 0.25) is 0 Å². The summed E-state index contributed by atoms with van der Waals surface area (Å²) in [6.45, 7) is 5.75. The van der Waals surface area contributed by atoms with Gasteiger partial charge in [0.2, 0.25) is 0 Å². The lowest BCUT2D eigenvalue weighted by Crippen LogP contribution is -2.08. The Balaban J connectivity index is 1.88. The Morgan fingerprint density at radius 3 is 2.76 bits per heavy atom. The average molecular weight is 342 g/mol. The number of ether oxygens (including phenoxy) is 2. The fraction of sp³-hybridized carbons (Fsp3) is 0.263. The molecule has 0 radical (unpaired) electrons. The number of carbonyl (C=O) groups excluding carboxylic acids is 1. The van der Waals surface area contributed by atoms with E-state index in [0.717, 1.165) is 10.9 Å². The van der Waals surface area contributed by atoms with Crippen molar-refractivity contribution < 1.29 is 23.1 Å². The summed E-state index contributed by atoms with van der Waals surface area (Å²) in [5.41, 5.74) is 1.98.